The van der Waals surface area contributed by atoms with Crippen LogP contribution in [0.2, 0.25) is 0 Å². The number of aryl methyl sites for hydroxylation is 1. The van der Waals surface area contributed by atoms with Gasteiger partial charge in [-0.25, -0.2) is 0 Å². The van der Waals surface area contributed by atoms with Crippen molar-refractivity contribution in [1.82, 2.24) is 0 Å². The summed E-state index contributed by atoms with van der Waals surface area (Å²) in [7, 11) is 0. The number of benzene rings is 1. The zero-order chi connectivity index (χ0) is 9.84. The van der Waals surface area contributed by atoms with Crippen LogP contribution in [0.25, 0.3) is 5.76 Å². The van der Waals surface area contributed by atoms with Crippen LogP contribution in [-0.4, -0.2) is 5.78 Å². The number of allylic oxidation sites excluding steroid dienone is 1. The van der Waals surface area contributed by atoms with Crippen molar-refractivity contribution in [3.05, 3.63) is 41.5 Å². The average Bonchev–Trinajstić information content (AvgIpc) is 2.04. The first-order valence-corrected chi connectivity index (χ1v) is 4.06. The van der Waals surface area contributed by atoms with Crippen molar-refractivity contribution in [1.29, 1.82) is 0 Å². The molecule has 0 aliphatic carbocycles. The normalized spacial score (nSPS) is 11.4. The summed E-state index contributed by atoms with van der Waals surface area (Å²) in [5, 5.41) is 11.3. The highest BCUT2D eigenvalue weighted by molar-refractivity contribution is 5.93. The molecule has 0 amide bonds. The van der Waals surface area contributed by atoms with E-state index in [2.05, 4.69) is 0 Å². The molecule has 1 rings (SSSR count). The topological polar surface area (TPSA) is 40.1 Å². The van der Waals surface area contributed by atoms with E-state index in [0.717, 1.165) is 11.6 Å². The van der Waals surface area contributed by atoms with Crippen LogP contribution in [0.4, 0.5) is 0 Å². The minimum absolute atomic E-state index is 0.217. The maximum absolute atomic E-state index is 11.3. The molecule has 1 aromatic rings. The molecule has 0 atom stereocenters. The highest BCUT2D eigenvalue weighted by atomic mass is 16.3. The van der Waals surface area contributed by atoms with Gasteiger partial charge in [0.1, 0.15) is 0 Å². The third-order valence-corrected chi connectivity index (χ3v) is 1.67. The van der Waals surface area contributed by atoms with Crippen LogP contribution < -0.4 is 5.11 Å². The molecule has 0 saturated carbocycles. The van der Waals surface area contributed by atoms with Crippen molar-refractivity contribution in [3.63, 3.8) is 0 Å². The van der Waals surface area contributed by atoms with Crippen molar-refractivity contribution >= 4 is 11.5 Å². The highest BCUT2D eigenvalue weighted by Gasteiger charge is 1.91. The van der Waals surface area contributed by atoms with Gasteiger partial charge >= 0.3 is 0 Å². The van der Waals surface area contributed by atoms with Gasteiger partial charge in [-0.2, -0.15) is 0 Å². The second-order valence-corrected chi connectivity index (χ2v) is 2.99. The van der Waals surface area contributed by atoms with Crippen LogP contribution in [0.5, 0.6) is 0 Å². The molecule has 0 radical (unpaired) electrons. The molecular formula is C11H11O2-. The van der Waals surface area contributed by atoms with Crippen molar-refractivity contribution < 1.29 is 9.90 Å². The first-order chi connectivity index (χ1) is 6.09. The predicted octanol–water partition coefficient (Wildman–Crippen LogP) is 1.29. The van der Waals surface area contributed by atoms with Gasteiger partial charge in [-0.3, -0.25) is 4.79 Å². The number of ketones is 1. The quantitative estimate of drug-likeness (QED) is 0.502. The third-order valence-electron chi connectivity index (χ3n) is 1.67. The molecule has 0 aromatic heterocycles. The molecule has 0 aliphatic heterocycles. The Hall–Kier alpha value is -1.57. The van der Waals surface area contributed by atoms with Crippen molar-refractivity contribution in [2.45, 2.75) is 13.8 Å². The smallest absolute Gasteiger partial charge is 0.152 e. The van der Waals surface area contributed by atoms with Gasteiger partial charge in [-0.05, 0) is 25.5 Å². The Morgan fingerprint density at radius 1 is 1.31 bits per heavy atom. The van der Waals surface area contributed by atoms with E-state index in [-0.39, 0.29) is 11.5 Å². The van der Waals surface area contributed by atoms with Crippen molar-refractivity contribution in [2.75, 3.05) is 0 Å². The summed E-state index contributed by atoms with van der Waals surface area (Å²) >= 11 is 0. The van der Waals surface area contributed by atoms with Gasteiger partial charge in [0, 0.05) is 0 Å². The summed E-state index contributed by atoms with van der Waals surface area (Å²) in [5.74, 6) is -0.446. The van der Waals surface area contributed by atoms with E-state index in [1.807, 2.05) is 19.1 Å². The van der Waals surface area contributed by atoms with Crippen LogP contribution in [0.3, 0.4) is 0 Å². The minimum atomic E-state index is -0.229. The van der Waals surface area contributed by atoms with Gasteiger partial charge in [0.2, 0.25) is 0 Å². The molecule has 13 heavy (non-hydrogen) atoms. The first kappa shape index (κ1) is 9.52. The predicted molar refractivity (Wildman–Crippen MR) is 49.8 cm³/mol. The maximum Gasteiger partial charge on any atom is 0.152 e. The molecule has 0 aliphatic rings. The molecular weight excluding hydrogens is 164 g/mol. The SMILES string of the molecule is CC(=O)/C=C(/[O-])c1ccc(C)cc1. The van der Waals surface area contributed by atoms with Crippen LogP contribution in [-0.2, 0) is 4.79 Å². The fourth-order valence-corrected chi connectivity index (χ4v) is 0.986. The molecule has 2 heteroatoms. The van der Waals surface area contributed by atoms with Gasteiger partial charge in [-0.1, -0.05) is 35.6 Å². The Kier molecular flexibility index (Phi) is 2.85. The van der Waals surface area contributed by atoms with Gasteiger partial charge in [-0.15, -0.1) is 0 Å². The van der Waals surface area contributed by atoms with Crippen LogP contribution in [0.1, 0.15) is 18.1 Å². The van der Waals surface area contributed by atoms with Gasteiger partial charge in [0.15, 0.2) is 5.78 Å². The zero-order valence-corrected chi connectivity index (χ0v) is 7.70. The van der Waals surface area contributed by atoms with Crippen LogP contribution in [0, 0.1) is 6.92 Å². The largest absolute Gasteiger partial charge is 0.872 e. The van der Waals surface area contributed by atoms with Gasteiger partial charge in [0.25, 0.3) is 0 Å². The Bertz CT molecular complexity index is 334. The first-order valence-electron chi connectivity index (χ1n) is 4.06. The van der Waals surface area contributed by atoms with E-state index in [0.29, 0.717) is 5.56 Å². The maximum atomic E-state index is 11.3. The Balaban J connectivity index is 2.96. The van der Waals surface area contributed by atoms with Gasteiger partial charge in [0.05, 0.1) is 0 Å². The molecule has 0 fully saturated rings. The molecule has 2 nitrogen and oxygen atoms in total. The van der Waals surface area contributed by atoms with E-state index in [1.54, 1.807) is 12.1 Å². The second kappa shape index (κ2) is 3.90. The fraction of sp³-hybridized carbons (Fsp3) is 0.182. The molecule has 0 unspecified atom stereocenters. The fourth-order valence-electron chi connectivity index (χ4n) is 0.986. The van der Waals surface area contributed by atoms with Crippen molar-refractivity contribution in [2.24, 2.45) is 0 Å². The summed E-state index contributed by atoms with van der Waals surface area (Å²) in [6, 6.07) is 7.14. The van der Waals surface area contributed by atoms with Crippen molar-refractivity contribution in [3.8, 4) is 0 Å². The lowest BCUT2D eigenvalue weighted by atomic mass is 10.1. The number of rotatable bonds is 2. The summed E-state index contributed by atoms with van der Waals surface area (Å²) in [5.41, 5.74) is 1.65. The molecule has 68 valence electrons. The number of carbonyl (C=O) groups is 1. The molecule has 0 bridgehead atoms. The molecule has 1 aromatic carbocycles. The standard InChI is InChI=1S/C11H12O2/c1-8-3-5-10(6-4-8)11(13)7-9(2)12/h3-7,13H,1-2H3/p-1/b11-7+. The lowest BCUT2D eigenvalue weighted by molar-refractivity contribution is -0.243. The second-order valence-electron chi connectivity index (χ2n) is 2.99. The Labute approximate surface area is 77.5 Å². The van der Waals surface area contributed by atoms with Gasteiger partial charge < -0.3 is 5.11 Å². The highest BCUT2D eigenvalue weighted by Crippen LogP contribution is 2.09. The third kappa shape index (κ3) is 2.75. The Morgan fingerprint density at radius 2 is 1.85 bits per heavy atom. The zero-order valence-electron chi connectivity index (χ0n) is 7.70. The van der Waals surface area contributed by atoms with Crippen LogP contribution >= 0.6 is 0 Å². The number of hydrogen-bond acceptors (Lipinski definition) is 2. The molecule has 0 spiro atoms. The number of carbonyl (C=O) groups excluding carboxylic acids is 1. The van der Waals surface area contributed by atoms with E-state index < -0.39 is 0 Å². The van der Waals surface area contributed by atoms with E-state index in [4.69, 9.17) is 0 Å². The molecule has 0 saturated heterocycles. The van der Waals surface area contributed by atoms with Crippen LogP contribution in [0.15, 0.2) is 30.3 Å². The minimum Gasteiger partial charge on any atom is -0.872 e. The summed E-state index contributed by atoms with van der Waals surface area (Å²) in [6.45, 7) is 3.31. The number of hydrogen-bond donors (Lipinski definition) is 0. The summed E-state index contributed by atoms with van der Waals surface area (Å²) < 4.78 is 0. The average molecular weight is 175 g/mol. The summed E-state index contributed by atoms with van der Waals surface area (Å²) in [6.07, 6.45) is 1.10. The molecule has 0 heterocycles. The van der Waals surface area contributed by atoms with E-state index in [1.165, 1.54) is 6.92 Å². The molecule has 0 N–H and O–H groups in total. The Morgan fingerprint density at radius 3 is 2.31 bits per heavy atom. The monoisotopic (exact) mass is 175 g/mol. The lowest BCUT2D eigenvalue weighted by Crippen LogP contribution is -2.04. The summed E-state index contributed by atoms with van der Waals surface area (Å²) in [4.78, 5) is 10.6. The van der Waals surface area contributed by atoms with E-state index >= 15 is 0 Å². The lowest BCUT2D eigenvalue weighted by Gasteiger charge is -2.11. The van der Waals surface area contributed by atoms with E-state index in [9.17, 15) is 9.90 Å².